The highest BCUT2D eigenvalue weighted by Crippen LogP contribution is 2.29. The number of rotatable bonds is 9. The molecule has 36 heavy (non-hydrogen) atoms. The molecule has 0 radical (unpaired) electrons. The third kappa shape index (κ3) is 6.51. The smallest absolute Gasteiger partial charge is 0.405 e. The minimum atomic E-state index is -4.38. The van der Waals surface area contributed by atoms with E-state index in [9.17, 15) is 26.4 Å². The Bertz CT molecular complexity index is 1350. The summed E-state index contributed by atoms with van der Waals surface area (Å²) in [6, 6.07) is 2.39. The Morgan fingerprint density at radius 1 is 1.28 bits per heavy atom. The Labute approximate surface area is 203 Å². The van der Waals surface area contributed by atoms with E-state index in [0.717, 1.165) is 6.26 Å². The van der Waals surface area contributed by atoms with Crippen molar-refractivity contribution in [1.82, 2.24) is 24.5 Å². The van der Waals surface area contributed by atoms with Crippen molar-refractivity contribution in [3.8, 4) is 11.5 Å². The first-order chi connectivity index (χ1) is 16.9. The van der Waals surface area contributed by atoms with Gasteiger partial charge < -0.3 is 15.1 Å². The van der Waals surface area contributed by atoms with E-state index in [1.54, 1.807) is 19.3 Å². The average Bonchev–Trinajstić information content (AvgIpc) is 3.48. The Morgan fingerprint density at radius 2 is 2.06 bits per heavy atom. The fourth-order valence-electron chi connectivity index (χ4n) is 3.65. The lowest BCUT2D eigenvalue weighted by molar-refractivity contribution is -0.117. The van der Waals surface area contributed by atoms with E-state index < -0.39 is 28.8 Å². The molecule has 1 fully saturated rings. The van der Waals surface area contributed by atoms with Gasteiger partial charge in [0.15, 0.2) is 5.82 Å². The third-order valence-electron chi connectivity index (χ3n) is 5.06. The number of amides is 1. The number of nitrogens with zero attached hydrogens (tertiary/aromatic N) is 5. The van der Waals surface area contributed by atoms with Crippen LogP contribution in [-0.2, 0) is 28.4 Å². The molecule has 1 aliphatic rings. The van der Waals surface area contributed by atoms with Gasteiger partial charge in [-0.05, 0) is 12.1 Å². The van der Waals surface area contributed by atoms with Gasteiger partial charge in [-0.1, -0.05) is 0 Å². The molecule has 4 heterocycles. The quantitative estimate of drug-likeness (QED) is 0.378. The first-order valence-electron chi connectivity index (χ1n) is 10.6. The lowest BCUT2D eigenvalue weighted by Crippen LogP contribution is -2.36. The van der Waals surface area contributed by atoms with Crippen LogP contribution in [0.25, 0.3) is 11.5 Å². The fourth-order valence-corrected chi connectivity index (χ4v) is 4.42. The second-order valence-corrected chi connectivity index (χ2v) is 10.0. The molecule has 0 saturated carbocycles. The molecule has 4 rings (SSSR count). The van der Waals surface area contributed by atoms with Crippen molar-refractivity contribution in [2.75, 3.05) is 34.9 Å². The number of halogens is 3. The predicted molar refractivity (Wildman–Crippen MR) is 124 cm³/mol. The van der Waals surface area contributed by atoms with E-state index in [4.69, 9.17) is 4.42 Å². The van der Waals surface area contributed by atoms with Crippen molar-refractivity contribution >= 4 is 33.3 Å². The van der Waals surface area contributed by atoms with Gasteiger partial charge in [0.05, 0.1) is 30.4 Å². The van der Waals surface area contributed by atoms with Crippen molar-refractivity contribution in [2.24, 2.45) is 7.05 Å². The second-order valence-electron chi connectivity index (χ2n) is 8.23. The fraction of sp³-hybridized carbons (Fsp3) is 0.400. The van der Waals surface area contributed by atoms with Crippen LogP contribution in [0.4, 0.5) is 30.5 Å². The molecule has 1 saturated heterocycles. The Balaban J connectivity index is 1.43. The van der Waals surface area contributed by atoms with E-state index >= 15 is 0 Å². The van der Waals surface area contributed by atoms with Gasteiger partial charge in [0.1, 0.15) is 18.6 Å². The normalized spacial score (nSPS) is 16.5. The number of carbonyl (C=O) groups excluding carboxylic acids is 1. The predicted octanol–water partition coefficient (Wildman–Crippen LogP) is 1.71. The average molecular weight is 529 g/mol. The Hall–Kier alpha value is -3.66. The summed E-state index contributed by atoms with van der Waals surface area (Å²) in [7, 11) is -1.78. The highest BCUT2D eigenvalue weighted by molar-refractivity contribution is 7.88. The molecule has 1 atom stereocenters. The van der Waals surface area contributed by atoms with Gasteiger partial charge in [-0.25, -0.2) is 23.1 Å². The number of oxazole rings is 1. The summed E-state index contributed by atoms with van der Waals surface area (Å²) < 4.78 is 69.8. The highest BCUT2D eigenvalue weighted by Gasteiger charge is 2.35. The van der Waals surface area contributed by atoms with Crippen LogP contribution in [0, 0.1) is 0 Å². The van der Waals surface area contributed by atoms with Crippen molar-refractivity contribution in [3.63, 3.8) is 0 Å². The third-order valence-corrected chi connectivity index (χ3v) is 5.82. The van der Waals surface area contributed by atoms with Crippen molar-refractivity contribution in [1.29, 1.82) is 0 Å². The molecule has 1 aliphatic heterocycles. The molecule has 3 aromatic rings. The van der Waals surface area contributed by atoms with Crippen LogP contribution in [-0.4, -0.2) is 65.6 Å². The van der Waals surface area contributed by atoms with Crippen LogP contribution in [0.5, 0.6) is 0 Å². The second kappa shape index (κ2) is 9.77. The lowest BCUT2D eigenvalue weighted by atomic mass is 10.2. The Morgan fingerprint density at radius 3 is 2.78 bits per heavy atom. The number of aryl methyl sites for hydroxylation is 1. The summed E-state index contributed by atoms with van der Waals surface area (Å²) in [5, 5.41) is 9.67. The molecule has 0 aromatic carbocycles. The molecule has 0 bridgehead atoms. The van der Waals surface area contributed by atoms with Gasteiger partial charge in [-0.3, -0.25) is 14.4 Å². The maximum atomic E-state index is 12.5. The summed E-state index contributed by atoms with van der Waals surface area (Å²) in [6.07, 6.45) is 1.08. The van der Waals surface area contributed by atoms with Gasteiger partial charge in [0.25, 0.3) is 0 Å². The molecule has 12 nitrogen and oxygen atoms in total. The molecule has 0 aliphatic carbocycles. The van der Waals surface area contributed by atoms with Crippen LogP contribution >= 0.6 is 0 Å². The van der Waals surface area contributed by atoms with Crippen LogP contribution in [0.1, 0.15) is 12.1 Å². The molecule has 0 spiro atoms. The zero-order chi connectivity index (χ0) is 26.1. The summed E-state index contributed by atoms with van der Waals surface area (Å²) >= 11 is 0. The zero-order valence-electron chi connectivity index (χ0n) is 19.2. The minimum absolute atomic E-state index is 0.0154. The minimum Gasteiger partial charge on any atom is -0.444 e. The molecule has 1 unspecified atom stereocenters. The van der Waals surface area contributed by atoms with Crippen LogP contribution < -0.4 is 20.3 Å². The van der Waals surface area contributed by atoms with Crippen LogP contribution in [0.2, 0.25) is 0 Å². The topological polar surface area (TPSA) is 147 Å². The monoisotopic (exact) mass is 528 g/mol. The van der Waals surface area contributed by atoms with E-state index in [2.05, 4.69) is 30.4 Å². The maximum Gasteiger partial charge on any atom is 0.405 e. The zero-order valence-corrected chi connectivity index (χ0v) is 20.0. The van der Waals surface area contributed by atoms with Gasteiger partial charge in [-0.2, -0.15) is 18.3 Å². The van der Waals surface area contributed by atoms with E-state index in [-0.39, 0.29) is 37.1 Å². The highest BCUT2D eigenvalue weighted by atomic mass is 32.2. The summed E-state index contributed by atoms with van der Waals surface area (Å²) in [5.74, 6) is 0.300. The molecule has 3 aromatic heterocycles. The number of alkyl halides is 3. The molecule has 194 valence electrons. The van der Waals surface area contributed by atoms with Crippen LogP contribution in [0.15, 0.2) is 35.2 Å². The number of anilines is 3. The number of hydrogen-bond acceptors (Lipinski definition) is 9. The standard InChI is InChI=1S/C20H23F3N8O4S/c1-30-9-15(18(28-30)31-8-13(6-17(31)32)29-36(2,33)34)25-7-14-10-35-19(27-14)12-3-4-24-16(5-12)26-11-20(21,22)23/h3-5,9-10,13,25,29H,6-8,11H2,1-2H3,(H,24,26). The molecule has 3 N–H and O–H groups in total. The summed E-state index contributed by atoms with van der Waals surface area (Å²) in [5.41, 5.74) is 1.46. The molecule has 1 amide bonds. The van der Waals surface area contributed by atoms with Crippen molar-refractivity contribution in [2.45, 2.75) is 25.2 Å². The summed E-state index contributed by atoms with van der Waals surface area (Å²) in [6.45, 7) is -0.889. The lowest BCUT2D eigenvalue weighted by Gasteiger charge is -2.16. The van der Waals surface area contributed by atoms with Gasteiger partial charge >= 0.3 is 6.18 Å². The molecule has 16 heteroatoms. The van der Waals surface area contributed by atoms with Gasteiger partial charge in [-0.15, -0.1) is 0 Å². The molecular weight excluding hydrogens is 505 g/mol. The number of sulfonamides is 1. The number of carbonyl (C=O) groups is 1. The van der Waals surface area contributed by atoms with Gasteiger partial charge in [0, 0.05) is 37.8 Å². The first kappa shape index (κ1) is 25.4. The number of hydrogen-bond donors (Lipinski definition) is 3. The number of nitrogens with one attached hydrogen (secondary N) is 3. The van der Waals surface area contributed by atoms with Gasteiger partial charge in [0.2, 0.25) is 21.8 Å². The summed E-state index contributed by atoms with van der Waals surface area (Å²) in [4.78, 5) is 22.1. The number of aromatic nitrogens is 4. The van der Waals surface area contributed by atoms with Crippen molar-refractivity contribution < 1.29 is 30.8 Å². The van der Waals surface area contributed by atoms with E-state index in [1.165, 1.54) is 28.1 Å². The van der Waals surface area contributed by atoms with Crippen molar-refractivity contribution in [3.05, 3.63) is 36.5 Å². The SMILES string of the molecule is Cn1cc(NCc2coc(-c3ccnc(NCC(F)(F)F)c3)n2)c(N2CC(NS(C)(=O)=O)CC2=O)n1. The number of pyridine rings is 1. The molecular formula is C20H23F3N8O4S. The largest absolute Gasteiger partial charge is 0.444 e. The first-order valence-corrected chi connectivity index (χ1v) is 12.5. The van der Waals surface area contributed by atoms with E-state index in [1.807, 2.05) is 0 Å². The maximum absolute atomic E-state index is 12.5. The van der Waals surface area contributed by atoms with E-state index in [0.29, 0.717) is 22.8 Å². The van der Waals surface area contributed by atoms with Crippen LogP contribution in [0.3, 0.4) is 0 Å². The Kier molecular flexibility index (Phi) is 6.90.